The van der Waals surface area contributed by atoms with Gasteiger partial charge in [-0.05, 0) is 128 Å². The maximum absolute atomic E-state index is 9.87. The van der Waals surface area contributed by atoms with Crippen molar-refractivity contribution in [1.29, 1.82) is 0 Å². The van der Waals surface area contributed by atoms with Crippen LogP contribution in [0.4, 0.5) is 0 Å². The van der Waals surface area contributed by atoms with Gasteiger partial charge in [0.15, 0.2) is 0 Å². The second-order valence-corrected chi connectivity index (χ2v) is 58.7. The molecule has 0 aliphatic rings. The monoisotopic (exact) mass is 1160 g/mol. The Labute approximate surface area is 462 Å². The Morgan fingerprint density at radius 2 is 0.644 bits per heavy atom. The predicted molar refractivity (Wildman–Crippen MR) is 359 cm³/mol. The van der Waals surface area contributed by atoms with Crippen molar-refractivity contribution in [2.24, 2.45) is 0 Å². The van der Waals surface area contributed by atoms with Crippen molar-refractivity contribution in [2.45, 2.75) is 124 Å². The second kappa shape index (κ2) is 29.1. The van der Waals surface area contributed by atoms with Crippen molar-refractivity contribution in [3.05, 3.63) is 164 Å². The van der Waals surface area contributed by atoms with Gasteiger partial charge in [-0.3, -0.25) is 0 Å². The Bertz CT molecular complexity index is 2420. The number of hydrogen-bond acceptors (Lipinski definition) is 5. The number of benzene rings is 6. The summed E-state index contributed by atoms with van der Waals surface area (Å²) in [6.07, 6.45) is 0. The lowest BCUT2D eigenvalue weighted by atomic mass is 10.4. The lowest BCUT2D eigenvalue weighted by molar-refractivity contribution is 0.416. The van der Waals surface area contributed by atoms with E-state index < -0.39 is 75.6 Å². The quantitative estimate of drug-likeness (QED) is 0.0859. The van der Waals surface area contributed by atoms with Gasteiger partial charge in [0, 0.05) is 23.6 Å². The standard InChI is InChI=1S/C19H30O2Si3.C12H21OSi2.C10H18O2Si2.C10H18Si2.C7H10Si.2H2/c1-20-22(2,3)18-13-15-19(16-14-18)24(6,7)21-23(4,5)17-11-9-8-10-12-17;1-13-15(5,6)12-9-7-11(8-10-12)14(2,3)4;1-13(2,11)9-5-7-10(8-6-9)14(3,4)12;1-11(2)9-5-7-10(8-6-9)12(3)4;1-8-7-5-3-2-4-6-7;;/h8-16H,1-7H3;7-10H,2H2,1,3-6H3;5-8,11-12H,1-4H3;5-8,11-12H,1-4H3;2-6H,8H2,1H3;2*1H/q;+1;;;;;. The molecule has 0 heterocycles. The van der Waals surface area contributed by atoms with Crippen LogP contribution in [0.25, 0.3) is 0 Å². The lowest BCUT2D eigenvalue weighted by Gasteiger charge is -2.35. The van der Waals surface area contributed by atoms with Gasteiger partial charge in [-0.1, -0.05) is 206 Å². The van der Waals surface area contributed by atoms with Crippen LogP contribution in [0.15, 0.2) is 158 Å². The Balaban J connectivity index is 0.000000947. The van der Waals surface area contributed by atoms with Gasteiger partial charge in [0.05, 0.1) is 27.1 Å². The predicted octanol–water partition coefficient (Wildman–Crippen LogP) is 7.91. The molecule has 0 spiro atoms. The fourth-order valence-electron chi connectivity index (χ4n) is 7.69. The molecule has 402 valence electrons. The molecule has 6 rings (SSSR count). The summed E-state index contributed by atoms with van der Waals surface area (Å²) >= 11 is 0. The van der Waals surface area contributed by atoms with Gasteiger partial charge in [-0.15, -0.1) is 0 Å². The molecule has 0 bridgehead atoms. The third-order valence-electron chi connectivity index (χ3n) is 13.5. The van der Waals surface area contributed by atoms with Crippen LogP contribution in [0.1, 0.15) is 2.85 Å². The van der Waals surface area contributed by atoms with Gasteiger partial charge >= 0.3 is 0 Å². The molecule has 0 aromatic heterocycles. The second-order valence-electron chi connectivity index (χ2n) is 23.5. The van der Waals surface area contributed by atoms with Crippen molar-refractivity contribution in [2.75, 3.05) is 14.2 Å². The van der Waals surface area contributed by atoms with E-state index in [1.54, 1.807) is 22.7 Å². The summed E-state index contributed by atoms with van der Waals surface area (Å²) in [7, 11) is -10.4. The van der Waals surface area contributed by atoms with Crippen LogP contribution in [0.5, 0.6) is 0 Å². The molecule has 0 aliphatic carbocycles. The van der Waals surface area contributed by atoms with Crippen LogP contribution in [0.2, 0.25) is 124 Å². The van der Waals surface area contributed by atoms with Gasteiger partial charge in [0.1, 0.15) is 0 Å². The first-order chi connectivity index (χ1) is 33.6. The van der Waals surface area contributed by atoms with E-state index in [0.29, 0.717) is 0 Å². The fourth-order valence-corrected chi connectivity index (χ4v) is 23.8. The highest BCUT2D eigenvalue weighted by Crippen LogP contribution is 2.16. The molecule has 0 unspecified atom stereocenters. The van der Waals surface area contributed by atoms with E-state index in [0.717, 1.165) is 10.4 Å². The van der Waals surface area contributed by atoms with Crippen molar-refractivity contribution >= 4 is 137 Å². The molecule has 0 atom stereocenters. The van der Waals surface area contributed by atoms with E-state index >= 15 is 0 Å². The summed E-state index contributed by atoms with van der Waals surface area (Å²) in [5, 5.41) is 13.6. The van der Waals surface area contributed by atoms with Crippen LogP contribution in [-0.4, -0.2) is 109 Å². The average Bonchev–Trinajstić information content (AvgIpc) is 3.34. The van der Waals surface area contributed by atoms with E-state index in [1.807, 2.05) is 57.6 Å². The molecule has 0 saturated heterocycles. The van der Waals surface area contributed by atoms with Crippen LogP contribution < -0.4 is 51.9 Å². The minimum Gasteiger partial charge on any atom is -0.449 e. The Morgan fingerprint density at radius 3 is 0.890 bits per heavy atom. The van der Waals surface area contributed by atoms with Crippen molar-refractivity contribution in [1.82, 2.24) is 0 Å². The highest BCUT2D eigenvalue weighted by molar-refractivity contribution is 6.97. The molecule has 73 heavy (non-hydrogen) atoms. The average molecular weight is 1160 g/mol. The van der Waals surface area contributed by atoms with Crippen LogP contribution in [-0.2, 0) is 13.0 Å². The summed E-state index contributed by atoms with van der Waals surface area (Å²) in [6.45, 7) is 46.3. The zero-order chi connectivity index (χ0) is 55.6. The first kappa shape index (κ1) is 66.3. The van der Waals surface area contributed by atoms with E-state index in [2.05, 4.69) is 238 Å². The SMILES string of the molecule is CO[Si](C)(C)c1ccc([Si](C)(C)O[Si](C)(C)c2ccccc2)cc1.C[SiH2]c1ccccc1.C[SiH](C)c1ccc([SiH](C)C)cc1.C[Si](C)(O)c1ccc([Si](C)(C)O)cc1.[CH2+][Si](C)(C)c1ccc([Si](C)(C)OC)cc1.[HH].[HH]. The van der Waals surface area contributed by atoms with Crippen molar-refractivity contribution in [3.63, 3.8) is 0 Å². The fraction of sp³-hybridized carbons (Fsp3) is 0.362. The molecule has 5 nitrogen and oxygen atoms in total. The van der Waals surface area contributed by atoms with Crippen LogP contribution in [0.3, 0.4) is 0 Å². The van der Waals surface area contributed by atoms with Crippen molar-refractivity contribution in [3.8, 4) is 0 Å². The van der Waals surface area contributed by atoms with Gasteiger partial charge in [-0.25, -0.2) is 0 Å². The van der Waals surface area contributed by atoms with Gasteiger partial charge in [-0.2, -0.15) is 0 Å². The van der Waals surface area contributed by atoms with Crippen LogP contribution >= 0.6 is 0 Å². The Morgan fingerprint density at radius 1 is 0.384 bits per heavy atom. The minimum absolute atomic E-state index is 0. The first-order valence-corrected chi connectivity index (χ1v) is 54.9. The maximum atomic E-state index is 9.87. The van der Waals surface area contributed by atoms with Gasteiger partial charge in [0.25, 0.3) is 8.07 Å². The molecule has 0 fully saturated rings. The lowest BCUT2D eigenvalue weighted by Crippen LogP contribution is -2.58. The molecule has 6 aromatic carbocycles. The summed E-state index contributed by atoms with van der Waals surface area (Å²) in [5.41, 5.74) is 0. The highest BCUT2D eigenvalue weighted by Gasteiger charge is 2.36. The molecule has 0 radical (unpaired) electrons. The third kappa shape index (κ3) is 22.7. The summed E-state index contributed by atoms with van der Waals surface area (Å²) in [6, 6.07) is 56.3. The topological polar surface area (TPSA) is 68.2 Å². The zero-order valence-electron chi connectivity index (χ0n) is 49.2. The molecular formula is C58H101O5Si10+. The Kier molecular flexibility index (Phi) is 26.4. The third-order valence-corrected chi connectivity index (χ3v) is 36.6. The molecular weight excluding hydrogens is 1060 g/mol. The number of rotatable bonds is 14. The number of hydrogen-bond donors (Lipinski definition) is 2. The highest BCUT2D eigenvalue weighted by atomic mass is 28.4. The summed E-state index contributed by atoms with van der Waals surface area (Å²) in [4.78, 5) is 19.7. The summed E-state index contributed by atoms with van der Waals surface area (Å²) < 4.78 is 18.1. The molecule has 2 N–H and O–H groups in total. The van der Waals surface area contributed by atoms with Gasteiger partial charge in [0.2, 0.25) is 49.9 Å². The zero-order valence-corrected chi connectivity index (χ0v) is 59.9. The largest absolute Gasteiger partial charge is 0.449 e. The van der Waals surface area contributed by atoms with Crippen LogP contribution in [0, 0.1) is 6.55 Å². The normalized spacial score (nSPS) is 12.5. The Hall–Kier alpha value is -2.84. The molecule has 0 amide bonds. The molecule has 0 saturated carbocycles. The van der Waals surface area contributed by atoms with E-state index in [4.69, 9.17) is 13.0 Å². The van der Waals surface area contributed by atoms with Crippen molar-refractivity contribution < 1.29 is 25.4 Å². The van der Waals surface area contributed by atoms with E-state index in [1.165, 1.54) is 25.9 Å². The first-order valence-electron chi connectivity index (χ1n) is 26.2. The molecule has 6 aromatic rings. The summed E-state index contributed by atoms with van der Waals surface area (Å²) in [5.74, 6) is 0. The molecule has 15 heteroatoms. The van der Waals surface area contributed by atoms with E-state index in [-0.39, 0.29) is 12.4 Å². The minimum atomic E-state index is -2.18. The van der Waals surface area contributed by atoms with E-state index in [9.17, 15) is 9.59 Å². The smallest absolute Gasteiger partial charge is 0.291 e. The van der Waals surface area contributed by atoms with Gasteiger partial charge < -0.3 is 22.6 Å². The molecule has 0 aliphatic heterocycles. The maximum Gasteiger partial charge on any atom is 0.291 e.